The van der Waals surface area contributed by atoms with E-state index in [9.17, 15) is 0 Å². The minimum absolute atomic E-state index is 0.224. The molecule has 0 radical (unpaired) electrons. The first-order valence-electron chi connectivity index (χ1n) is 6.07. The van der Waals surface area contributed by atoms with E-state index in [2.05, 4.69) is 10.1 Å². The van der Waals surface area contributed by atoms with E-state index in [4.69, 9.17) is 20.9 Å². The van der Waals surface area contributed by atoms with Crippen LogP contribution in [0.25, 0.3) is 11.4 Å². The molecule has 0 aliphatic carbocycles. The number of aromatic nitrogens is 2. The van der Waals surface area contributed by atoms with E-state index in [0.717, 1.165) is 5.56 Å². The van der Waals surface area contributed by atoms with Gasteiger partial charge in [0.2, 0.25) is 5.82 Å². The Morgan fingerprint density at radius 3 is 2.50 bits per heavy atom. The summed E-state index contributed by atoms with van der Waals surface area (Å²) >= 11 is 5.80. The SMILES string of the molecule is Clc1ccc(OCc2nc(-c3ccccc3)no2)cc1. The van der Waals surface area contributed by atoms with Crippen LogP contribution in [0.3, 0.4) is 0 Å². The van der Waals surface area contributed by atoms with Crippen LogP contribution in [0, 0.1) is 0 Å². The summed E-state index contributed by atoms with van der Waals surface area (Å²) in [5.41, 5.74) is 0.911. The number of rotatable bonds is 4. The Balaban J connectivity index is 1.67. The average Bonchev–Trinajstić information content (AvgIpc) is 2.97. The molecule has 0 aliphatic rings. The van der Waals surface area contributed by atoms with Gasteiger partial charge in [-0.05, 0) is 24.3 Å². The third kappa shape index (κ3) is 2.97. The van der Waals surface area contributed by atoms with Gasteiger partial charge < -0.3 is 9.26 Å². The smallest absolute Gasteiger partial charge is 0.264 e. The van der Waals surface area contributed by atoms with Crippen molar-refractivity contribution in [2.75, 3.05) is 0 Å². The topological polar surface area (TPSA) is 48.2 Å². The first kappa shape index (κ1) is 12.7. The number of benzene rings is 2. The van der Waals surface area contributed by atoms with Gasteiger partial charge in [0.05, 0.1) is 0 Å². The minimum atomic E-state index is 0.224. The second-order valence-electron chi connectivity index (χ2n) is 4.12. The molecule has 0 aliphatic heterocycles. The third-order valence-electron chi connectivity index (χ3n) is 2.68. The van der Waals surface area contributed by atoms with Gasteiger partial charge in [-0.3, -0.25) is 0 Å². The summed E-state index contributed by atoms with van der Waals surface area (Å²) in [4.78, 5) is 4.28. The Morgan fingerprint density at radius 1 is 1.00 bits per heavy atom. The number of hydrogen-bond acceptors (Lipinski definition) is 4. The highest BCUT2D eigenvalue weighted by molar-refractivity contribution is 6.30. The van der Waals surface area contributed by atoms with Crippen molar-refractivity contribution in [2.24, 2.45) is 0 Å². The van der Waals surface area contributed by atoms with Gasteiger partial charge in [-0.2, -0.15) is 4.98 Å². The van der Waals surface area contributed by atoms with Gasteiger partial charge >= 0.3 is 0 Å². The Morgan fingerprint density at radius 2 is 1.75 bits per heavy atom. The Bertz CT molecular complexity index is 681. The minimum Gasteiger partial charge on any atom is -0.484 e. The Kier molecular flexibility index (Phi) is 3.65. The summed E-state index contributed by atoms with van der Waals surface area (Å²) in [6, 6.07) is 16.7. The molecule has 20 heavy (non-hydrogen) atoms. The van der Waals surface area contributed by atoms with Crippen LogP contribution in [0.2, 0.25) is 5.02 Å². The van der Waals surface area contributed by atoms with Crippen molar-refractivity contribution in [1.82, 2.24) is 10.1 Å². The van der Waals surface area contributed by atoms with Crippen LogP contribution in [0.1, 0.15) is 5.89 Å². The molecule has 0 bridgehead atoms. The highest BCUT2D eigenvalue weighted by atomic mass is 35.5. The van der Waals surface area contributed by atoms with E-state index >= 15 is 0 Å². The maximum atomic E-state index is 5.80. The molecule has 0 saturated heterocycles. The third-order valence-corrected chi connectivity index (χ3v) is 2.93. The monoisotopic (exact) mass is 286 g/mol. The van der Waals surface area contributed by atoms with Crippen LogP contribution in [-0.4, -0.2) is 10.1 Å². The molecule has 2 aromatic carbocycles. The predicted octanol–water partition coefficient (Wildman–Crippen LogP) is 3.97. The molecule has 3 rings (SSSR count). The number of ether oxygens (including phenoxy) is 1. The molecule has 0 N–H and O–H groups in total. The van der Waals surface area contributed by atoms with E-state index in [-0.39, 0.29) is 6.61 Å². The summed E-state index contributed by atoms with van der Waals surface area (Å²) in [5, 5.41) is 4.59. The summed E-state index contributed by atoms with van der Waals surface area (Å²) in [6.45, 7) is 0.224. The van der Waals surface area contributed by atoms with Gasteiger partial charge in [-0.1, -0.05) is 47.1 Å². The molecule has 0 saturated carbocycles. The fourth-order valence-electron chi connectivity index (χ4n) is 1.69. The van der Waals surface area contributed by atoms with Crippen LogP contribution in [0.15, 0.2) is 59.1 Å². The quantitative estimate of drug-likeness (QED) is 0.728. The Hall–Kier alpha value is -2.33. The van der Waals surface area contributed by atoms with Gasteiger partial charge in [-0.15, -0.1) is 0 Å². The first-order chi connectivity index (χ1) is 9.81. The van der Waals surface area contributed by atoms with Gasteiger partial charge in [0.1, 0.15) is 5.75 Å². The zero-order valence-electron chi connectivity index (χ0n) is 10.5. The molecule has 0 atom stereocenters. The number of hydrogen-bond donors (Lipinski definition) is 0. The molecule has 1 aromatic heterocycles. The van der Waals surface area contributed by atoms with E-state index in [0.29, 0.717) is 22.5 Å². The van der Waals surface area contributed by atoms with E-state index in [1.807, 2.05) is 30.3 Å². The maximum Gasteiger partial charge on any atom is 0.264 e. The lowest BCUT2D eigenvalue weighted by Crippen LogP contribution is -1.95. The molecule has 0 unspecified atom stereocenters. The largest absolute Gasteiger partial charge is 0.484 e. The normalized spacial score (nSPS) is 10.4. The maximum absolute atomic E-state index is 5.80. The zero-order chi connectivity index (χ0) is 13.8. The van der Waals surface area contributed by atoms with Gasteiger partial charge in [-0.25, -0.2) is 0 Å². The van der Waals surface area contributed by atoms with Crippen LogP contribution in [0.4, 0.5) is 0 Å². The second kappa shape index (κ2) is 5.75. The lowest BCUT2D eigenvalue weighted by Gasteiger charge is -2.02. The first-order valence-corrected chi connectivity index (χ1v) is 6.45. The van der Waals surface area contributed by atoms with Crippen LogP contribution >= 0.6 is 11.6 Å². The standard InChI is InChI=1S/C15H11ClN2O2/c16-12-6-8-13(9-7-12)19-10-14-17-15(18-20-14)11-4-2-1-3-5-11/h1-9H,10H2. The van der Waals surface area contributed by atoms with Gasteiger partial charge in [0.25, 0.3) is 5.89 Å². The van der Waals surface area contributed by atoms with Crippen LogP contribution < -0.4 is 4.74 Å². The molecule has 1 heterocycles. The van der Waals surface area contributed by atoms with E-state index < -0.39 is 0 Å². The second-order valence-corrected chi connectivity index (χ2v) is 4.56. The predicted molar refractivity (Wildman–Crippen MR) is 75.5 cm³/mol. The average molecular weight is 287 g/mol. The summed E-state index contributed by atoms with van der Waals surface area (Å²) in [7, 11) is 0. The molecule has 3 aromatic rings. The van der Waals surface area contributed by atoms with Crippen molar-refractivity contribution in [3.63, 3.8) is 0 Å². The van der Waals surface area contributed by atoms with Crippen molar-refractivity contribution < 1.29 is 9.26 Å². The fraction of sp³-hybridized carbons (Fsp3) is 0.0667. The summed E-state index contributed by atoms with van der Waals surface area (Å²) in [5.74, 6) is 1.69. The number of halogens is 1. The fourth-order valence-corrected chi connectivity index (χ4v) is 1.82. The van der Waals surface area contributed by atoms with Gasteiger partial charge in [0, 0.05) is 10.6 Å². The van der Waals surface area contributed by atoms with Crippen molar-refractivity contribution in [3.8, 4) is 17.1 Å². The summed E-state index contributed by atoms with van der Waals surface area (Å²) < 4.78 is 10.7. The summed E-state index contributed by atoms with van der Waals surface area (Å²) in [6.07, 6.45) is 0. The molecule has 0 amide bonds. The van der Waals surface area contributed by atoms with Crippen LogP contribution in [-0.2, 0) is 6.61 Å². The number of nitrogens with zero attached hydrogens (tertiary/aromatic N) is 2. The highest BCUT2D eigenvalue weighted by Crippen LogP contribution is 2.18. The van der Waals surface area contributed by atoms with Crippen molar-refractivity contribution in [1.29, 1.82) is 0 Å². The molecule has 5 heteroatoms. The molecule has 4 nitrogen and oxygen atoms in total. The lowest BCUT2D eigenvalue weighted by atomic mass is 10.2. The molecular weight excluding hydrogens is 276 g/mol. The Labute approximate surface area is 121 Å². The van der Waals surface area contributed by atoms with Crippen LogP contribution in [0.5, 0.6) is 5.75 Å². The highest BCUT2D eigenvalue weighted by Gasteiger charge is 2.08. The molecule has 100 valence electrons. The van der Waals surface area contributed by atoms with Crippen molar-refractivity contribution >= 4 is 11.6 Å². The van der Waals surface area contributed by atoms with Gasteiger partial charge in [0.15, 0.2) is 6.61 Å². The van der Waals surface area contributed by atoms with Crippen molar-refractivity contribution in [2.45, 2.75) is 6.61 Å². The molecular formula is C15H11ClN2O2. The van der Waals surface area contributed by atoms with E-state index in [1.165, 1.54) is 0 Å². The zero-order valence-corrected chi connectivity index (χ0v) is 11.2. The lowest BCUT2D eigenvalue weighted by molar-refractivity contribution is 0.243. The van der Waals surface area contributed by atoms with E-state index in [1.54, 1.807) is 24.3 Å². The van der Waals surface area contributed by atoms with Crippen molar-refractivity contribution in [3.05, 3.63) is 65.5 Å². The molecule has 0 fully saturated rings. The molecule has 0 spiro atoms.